The maximum absolute atomic E-state index is 12.2. The van der Waals surface area contributed by atoms with Crippen molar-refractivity contribution in [3.05, 3.63) is 48.3 Å². The molecule has 106 valence electrons. The topological polar surface area (TPSA) is 76.0 Å². The average Bonchev–Trinajstić information content (AvgIpc) is 2.95. The Balaban J connectivity index is 1.72. The lowest BCUT2D eigenvalue weighted by atomic mass is 10.2. The number of aromatic nitrogens is 2. The van der Waals surface area contributed by atoms with Gasteiger partial charge in [-0.2, -0.15) is 5.10 Å². The summed E-state index contributed by atoms with van der Waals surface area (Å²) in [6.07, 6.45) is 1.74. The largest absolute Gasteiger partial charge is 0.309 e. The molecule has 7 heteroatoms. The van der Waals surface area contributed by atoms with Gasteiger partial charge in [-0.05, 0) is 18.2 Å². The zero-order chi connectivity index (χ0) is 14.0. The minimum Gasteiger partial charge on any atom is -0.309 e. The Hall–Kier alpha value is -1.70. The molecule has 1 aliphatic rings. The van der Waals surface area contributed by atoms with E-state index in [9.17, 15) is 8.42 Å². The summed E-state index contributed by atoms with van der Waals surface area (Å²) in [5.74, 6) is 0. The first-order chi connectivity index (χ1) is 9.67. The van der Waals surface area contributed by atoms with Crippen molar-refractivity contribution in [3.63, 3.8) is 0 Å². The molecule has 0 fully saturated rings. The van der Waals surface area contributed by atoms with Crippen molar-refractivity contribution < 1.29 is 8.42 Å². The Labute approximate surface area is 117 Å². The van der Waals surface area contributed by atoms with Crippen molar-refractivity contribution in [2.75, 3.05) is 13.1 Å². The molecular weight excluding hydrogens is 276 g/mol. The highest BCUT2D eigenvalue weighted by molar-refractivity contribution is 7.89. The van der Waals surface area contributed by atoms with Crippen LogP contribution in [0.2, 0.25) is 0 Å². The zero-order valence-corrected chi connectivity index (χ0v) is 11.7. The fourth-order valence-electron chi connectivity index (χ4n) is 2.31. The SMILES string of the molecule is O=S(=O)(NC[C@H]1CNCc2ccnn21)c1ccccc1. The number of hydrogen-bond donors (Lipinski definition) is 2. The molecule has 2 aromatic rings. The standard InChI is InChI=1S/C13H16N4O2S/c18-20(19,13-4-2-1-3-5-13)16-10-12-9-14-8-11-6-7-15-17(11)12/h1-7,12,14,16H,8-10H2/t12-/m1/s1. The third-order valence-electron chi connectivity index (χ3n) is 3.35. The molecule has 0 unspecified atom stereocenters. The molecule has 0 aliphatic carbocycles. The summed E-state index contributed by atoms with van der Waals surface area (Å²) in [5, 5.41) is 7.51. The van der Waals surface area contributed by atoms with Crippen LogP contribution < -0.4 is 10.0 Å². The average molecular weight is 292 g/mol. The van der Waals surface area contributed by atoms with Crippen LogP contribution >= 0.6 is 0 Å². The molecule has 0 bridgehead atoms. The first-order valence-electron chi connectivity index (χ1n) is 6.44. The van der Waals surface area contributed by atoms with Gasteiger partial charge in [0.15, 0.2) is 0 Å². The monoisotopic (exact) mass is 292 g/mol. The number of benzene rings is 1. The van der Waals surface area contributed by atoms with Gasteiger partial charge in [-0.1, -0.05) is 18.2 Å². The summed E-state index contributed by atoms with van der Waals surface area (Å²) in [7, 11) is -3.46. The van der Waals surface area contributed by atoms with Crippen LogP contribution in [0.15, 0.2) is 47.5 Å². The molecular formula is C13H16N4O2S. The molecule has 3 rings (SSSR count). The molecule has 1 atom stereocenters. The number of sulfonamides is 1. The molecule has 0 radical (unpaired) electrons. The van der Waals surface area contributed by atoms with Crippen molar-refractivity contribution in [2.24, 2.45) is 0 Å². The van der Waals surface area contributed by atoms with E-state index in [0.29, 0.717) is 13.1 Å². The van der Waals surface area contributed by atoms with Crippen LogP contribution in [0.3, 0.4) is 0 Å². The van der Waals surface area contributed by atoms with Crippen LogP contribution in [-0.2, 0) is 16.6 Å². The van der Waals surface area contributed by atoms with Crippen molar-refractivity contribution in [3.8, 4) is 0 Å². The lowest BCUT2D eigenvalue weighted by Crippen LogP contribution is -2.40. The van der Waals surface area contributed by atoms with E-state index >= 15 is 0 Å². The van der Waals surface area contributed by atoms with Crippen LogP contribution in [0.4, 0.5) is 0 Å². The quantitative estimate of drug-likeness (QED) is 0.861. The lowest BCUT2D eigenvalue weighted by Gasteiger charge is -2.25. The number of rotatable bonds is 4. The van der Waals surface area contributed by atoms with Gasteiger partial charge in [0.05, 0.1) is 16.6 Å². The van der Waals surface area contributed by atoms with Crippen molar-refractivity contribution in [2.45, 2.75) is 17.5 Å². The summed E-state index contributed by atoms with van der Waals surface area (Å²) >= 11 is 0. The Morgan fingerprint density at radius 2 is 2.10 bits per heavy atom. The number of nitrogens with zero attached hydrogens (tertiary/aromatic N) is 2. The molecule has 0 amide bonds. The number of fused-ring (bicyclic) bond motifs is 1. The second-order valence-electron chi connectivity index (χ2n) is 4.72. The van der Waals surface area contributed by atoms with E-state index in [4.69, 9.17) is 0 Å². The van der Waals surface area contributed by atoms with Crippen LogP contribution in [0.25, 0.3) is 0 Å². The lowest BCUT2D eigenvalue weighted by molar-refractivity contribution is 0.365. The highest BCUT2D eigenvalue weighted by atomic mass is 32.2. The number of nitrogens with one attached hydrogen (secondary N) is 2. The first-order valence-corrected chi connectivity index (χ1v) is 7.93. The Morgan fingerprint density at radius 3 is 2.90 bits per heavy atom. The summed E-state index contributed by atoms with van der Waals surface area (Å²) in [6, 6.07) is 10.3. The third kappa shape index (κ3) is 2.60. The molecule has 0 spiro atoms. The molecule has 2 heterocycles. The highest BCUT2D eigenvalue weighted by Gasteiger charge is 2.22. The van der Waals surface area contributed by atoms with E-state index in [1.165, 1.54) is 0 Å². The maximum Gasteiger partial charge on any atom is 0.240 e. The second-order valence-corrected chi connectivity index (χ2v) is 6.48. The fourth-order valence-corrected chi connectivity index (χ4v) is 3.41. The molecule has 20 heavy (non-hydrogen) atoms. The summed E-state index contributed by atoms with van der Waals surface area (Å²) in [4.78, 5) is 0.282. The van der Waals surface area contributed by atoms with Gasteiger partial charge in [-0.25, -0.2) is 13.1 Å². The van der Waals surface area contributed by atoms with Crippen molar-refractivity contribution >= 4 is 10.0 Å². The first kappa shape index (κ1) is 13.3. The molecule has 2 N–H and O–H groups in total. The van der Waals surface area contributed by atoms with Gasteiger partial charge in [0.1, 0.15) is 0 Å². The normalized spacial score (nSPS) is 18.7. The highest BCUT2D eigenvalue weighted by Crippen LogP contribution is 2.14. The zero-order valence-electron chi connectivity index (χ0n) is 10.9. The summed E-state index contributed by atoms with van der Waals surface area (Å²) < 4.78 is 28.9. The second kappa shape index (κ2) is 5.35. The van der Waals surface area contributed by atoms with Gasteiger partial charge in [-0.3, -0.25) is 4.68 Å². The van der Waals surface area contributed by atoms with Crippen LogP contribution in [0.1, 0.15) is 11.7 Å². The molecule has 1 aromatic carbocycles. The van der Waals surface area contributed by atoms with E-state index < -0.39 is 10.0 Å². The Morgan fingerprint density at radius 1 is 1.30 bits per heavy atom. The van der Waals surface area contributed by atoms with Gasteiger partial charge in [0, 0.05) is 25.8 Å². The maximum atomic E-state index is 12.2. The predicted octanol–water partition coefficient (Wildman–Crippen LogP) is 0.506. The summed E-state index contributed by atoms with van der Waals surface area (Å²) in [6.45, 7) is 1.78. The third-order valence-corrected chi connectivity index (χ3v) is 4.79. The molecule has 1 aliphatic heterocycles. The predicted molar refractivity (Wildman–Crippen MR) is 74.6 cm³/mol. The summed E-state index contributed by atoms with van der Waals surface area (Å²) in [5.41, 5.74) is 1.07. The minimum absolute atomic E-state index is 0.00719. The smallest absolute Gasteiger partial charge is 0.240 e. The van der Waals surface area contributed by atoms with E-state index in [0.717, 1.165) is 12.2 Å². The molecule has 0 saturated carbocycles. The molecule has 1 aromatic heterocycles. The van der Waals surface area contributed by atoms with Crippen LogP contribution in [0, 0.1) is 0 Å². The van der Waals surface area contributed by atoms with Gasteiger partial charge in [0.2, 0.25) is 10.0 Å². The fraction of sp³-hybridized carbons (Fsp3) is 0.308. The van der Waals surface area contributed by atoms with Crippen LogP contribution in [0.5, 0.6) is 0 Å². The minimum atomic E-state index is -3.46. The van der Waals surface area contributed by atoms with Gasteiger partial charge in [0.25, 0.3) is 0 Å². The van der Waals surface area contributed by atoms with Gasteiger partial charge in [-0.15, -0.1) is 0 Å². The van der Waals surface area contributed by atoms with E-state index in [1.54, 1.807) is 36.5 Å². The van der Waals surface area contributed by atoms with Crippen LogP contribution in [-0.4, -0.2) is 31.3 Å². The van der Waals surface area contributed by atoms with Crippen molar-refractivity contribution in [1.82, 2.24) is 19.8 Å². The molecule has 6 nitrogen and oxygen atoms in total. The Kier molecular flexibility index (Phi) is 3.56. The van der Waals surface area contributed by atoms with E-state index in [-0.39, 0.29) is 10.9 Å². The molecule has 0 saturated heterocycles. The van der Waals surface area contributed by atoms with E-state index in [1.807, 2.05) is 10.7 Å². The van der Waals surface area contributed by atoms with E-state index in [2.05, 4.69) is 15.1 Å². The van der Waals surface area contributed by atoms with Gasteiger partial charge < -0.3 is 5.32 Å². The number of hydrogen-bond acceptors (Lipinski definition) is 4. The van der Waals surface area contributed by atoms with Gasteiger partial charge >= 0.3 is 0 Å². The Bertz CT molecular complexity index is 681. The van der Waals surface area contributed by atoms with Crippen molar-refractivity contribution in [1.29, 1.82) is 0 Å².